The van der Waals surface area contributed by atoms with Gasteiger partial charge in [-0.2, -0.15) is 4.31 Å². The monoisotopic (exact) mass is 440 g/mol. The molecule has 26 heavy (non-hydrogen) atoms. The first-order valence-electron chi connectivity index (χ1n) is 8.08. The van der Waals surface area contributed by atoms with Crippen LogP contribution in [0.5, 0.6) is 5.75 Å². The van der Waals surface area contributed by atoms with Crippen molar-refractivity contribution in [3.63, 3.8) is 0 Å². The van der Waals surface area contributed by atoms with Crippen LogP contribution >= 0.6 is 15.9 Å². The van der Waals surface area contributed by atoms with E-state index >= 15 is 0 Å². The fourth-order valence-electron chi connectivity index (χ4n) is 2.43. The number of amides is 1. The number of rotatable bonds is 7. The molecule has 0 bridgehead atoms. The van der Waals surface area contributed by atoms with Gasteiger partial charge in [0.1, 0.15) is 5.75 Å². The first kappa shape index (κ1) is 20.4. The zero-order valence-electron chi connectivity index (χ0n) is 14.8. The molecule has 0 radical (unpaired) electrons. The largest absolute Gasteiger partial charge is 0.497 e. The summed E-state index contributed by atoms with van der Waals surface area (Å²) in [5.74, 6) is 0.245. The summed E-state index contributed by atoms with van der Waals surface area (Å²) in [6, 6.07) is 11.2. The van der Waals surface area contributed by atoms with Crippen LogP contribution in [0.25, 0.3) is 0 Å². The van der Waals surface area contributed by atoms with Crippen LogP contribution in [0.2, 0.25) is 0 Å². The summed E-state index contributed by atoms with van der Waals surface area (Å²) in [6.07, 6.45) is 0. The second-order valence-electron chi connectivity index (χ2n) is 5.41. The number of carbonyl (C=O) groups is 1. The van der Waals surface area contributed by atoms with E-state index in [4.69, 9.17) is 4.74 Å². The zero-order chi connectivity index (χ0) is 19.3. The number of benzene rings is 2. The molecule has 0 heterocycles. The van der Waals surface area contributed by atoms with Gasteiger partial charge < -0.3 is 10.1 Å². The molecule has 0 unspecified atom stereocenters. The van der Waals surface area contributed by atoms with Gasteiger partial charge in [-0.3, -0.25) is 4.79 Å². The van der Waals surface area contributed by atoms with Crippen molar-refractivity contribution in [1.82, 2.24) is 4.31 Å². The van der Waals surface area contributed by atoms with Gasteiger partial charge in [-0.1, -0.05) is 13.8 Å². The summed E-state index contributed by atoms with van der Waals surface area (Å²) in [6.45, 7) is 4.39. The second kappa shape index (κ2) is 8.66. The fraction of sp³-hybridized carbons (Fsp3) is 0.278. The van der Waals surface area contributed by atoms with Crippen LogP contribution in [-0.2, 0) is 10.0 Å². The number of hydrogen-bond acceptors (Lipinski definition) is 4. The van der Waals surface area contributed by atoms with E-state index in [-0.39, 0.29) is 10.8 Å². The van der Waals surface area contributed by atoms with Gasteiger partial charge in [-0.15, -0.1) is 0 Å². The number of carbonyl (C=O) groups excluding carboxylic acids is 1. The molecule has 0 spiro atoms. The first-order chi connectivity index (χ1) is 12.3. The van der Waals surface area contributed by atoms with Crippen molar-refractivity contribution in [2.24, 2.45) is 0 Å². The predicted octanol–water partition coefficient (Wildman–Crippen LogP) is 3.74. The molecule has 0 saturated heterocycles. The number of ether oxygens (including phenoxy) is 1. The minimum atomic E-state index is -3.52. The van der Waals surface area contributed by atoms with Gasteiger partial charge in [0.05, 0.1) is 17.6 Å². The lowest BCUT2D eigenvalue weighted by atomic mass is 10.2. The fourth-order valence-corrected chi connectivity index (χ4v) is 4.31. The molecule has 0 aliphatic heterocycles. The van der Waals surface area contributed by atoms with Crippen LogP contribution in [0.15, 0.2) is 51.8 Å². The van der Waals surface area contributed by atoms with Crippen molar-refractivity contribution in [3.8, 4) is 5.75 Å². The van der Waals surface area contributed by atoms with E-state index in [9.17, 15) is 13.2 Å². The Balaban J connectivity index is 2.21. The molecule has 1 amide bonds. The topological polar surface area (TPSA) is 75.7 Å². The van der Waals surface area contributed by atoms with Crippen molar-refractivity contribution in [3.05, 3.63) is 52.5 Å². The van der Waals surface area contributed by atoms with Gasteiger partial charge in [0.25, 0.3) is 5.91 Å². The number of hydrogen-bond donors (Lipinski definition) is 1. The lowest BCUT2D eigenvalue weighted by Gasteiger charge is -2.18. The molecular formula is C18H21BrN2O4S. The lowest BCUT2D eigenvalue weighted by molar-refractivity contribution is 0.102. The normalized spacial score (nSPS) is 11.4. The van der Waals surface area contributed by atoms with Crippen LogP contribution in [0.1, 0.15) is 24.2 Å². The van der Waals surface area contributed by atoms with Crippen molar-refractivity contribution >= 4 is 37.5 Å². The van der Waals surface area contributed by atoms with E-state index in [1.165, 1.54) is 23.5 Å². The summed E-state index contributed by atoms with van der Waals surface area (Å²) >= 11 is 3.34. The van der Waals surface area contributed by atoms with Gasteiger partial charge in [0, 0.05) is 23.2 Å². The maximum atomic E-state index is 12.5. The summed E-state index contributed by atoms with van der Waals surface area (Å²) in [4.78, 5) is 12.7. The SMILES string of the molecule is CCN(CC)S(=O)(=O)c1ccc(NC(=O)c2cc(OC)ccc2Br)cc1. The van der Waals surface area contributed by atoms with Crippen molar-refractivity contribution in [1.29, 1.82) is 0 Å². The molecule has 0 aliphatic carbocycles. The van der Waals surface area contributed by atoms with E-state index in [0.29, 0.717) is 34.6 Å². The van der Waals surface area contributed by atoms with E-state index in [1.54, 1.807) is 44.2 Å². The van der Waals surface area contributed by atoms with Gasteiger partial charge in [-0.25, -0.2) is 8.42 Å². The highest BCUT2D eigenvalue weighted by Crippen LogP contribution is 2.24. The number of nitrogens with zero attached hydrogens (tertiary/aromatic N) is 1. The standard InChI is InChI=1S/C18H21BrN2O4S/c1-4-21(5-2)26(23,24)15-9-6-13(7-10-15)20-18(22)16-12-14(25-3)8-11-17(16)19/h6-12H,4-5H2,1-3H3,(H,20,22). The number of anilines is 1. The molecular weight excluding hydrogens is 420 g/mol. The van der Waals surface area contributed by atoms with Crippen LogP contribution < -0.4 is 10.1 Å². The molecule has 0 fully saturated rings. The highest BCUT2D eigenvalue weighted by Gasteiger charge is 2.21. The van der Waals surface area contributed by atoms with Crippen molar-refractivity contribution in [2.45, 2.75) is 18.7 Å². The Kier molecular flexibility index (Phi) is 6.80. The summed E-state index contributed by atoms with van der Waals surface area (Å²) in [7, 11) is -1.99. The molecule has 140 valence electrons. The molecule has 2 rings (SSSR count). The summed E-state index contributed by atoms with van der Waals surface area (Å²) in [5, 5.41) is 2.75. The average molecular weight is 441 g/mol. The minimum absolute atomic E-state index is 0.196. The summed E-state index contributed by atoms with van der Waals surface area (Å²) in [5.41, 5.74) is 0.924. The third-order valence-corrected chi connectivity index (χ3v) is 6.63. The second-order valence-corrected chi connectivity index (χ2v) is 8.21. The van der Waals surface area contributed by atoms with Crippen molar-refractivity contribution < 1.29 is 17.9 Å². The minimum Gasteiger partial charge on any atom is -0.497 e. The molecule has 0 saturated carbocycles. The molecule has 0 aromatic heterocycles. The quantitative estimate of drug-likeness (QED) is 0.711. The Bertz CT molecular complexity index is 879. The number of methoxy groups -OCH3 is 1. The maximum absolute atomic E-state index is 12.5. The van der Waals surface area contributed by atoms with Gasteiger partial charge in [0.2, 0.25) is 10.0 Å². The number of halogens is 1. The van der Waals surface area contributed by atoms with Gasteiger partial charge >= 0.3 is 0 Å². The van der Waals surface area contributed by atoms with Crippen molar-refractivity contribution in [2.75, 3.05) is 25.5 Å². The molecule has 6 nitrogen and oxygen atoms in total. The Morgan fingerprint density at radius 1 is 1.12 bits per heavy atom. The van der Waals surface area contributed by atoms with Gasteiger partial charge in [0.15, 0.2) is 0 Å². The molecule has 8 heteroatoms. The molecule has 0 atom stereocenters. The Hall–Kier alpha value is -1.90. The predicted molar refractivity (Wildman–Crippen MR) is 105 cm³/mol. The smallest absolute Gasteiger partial charge is 0.256 e. The van der Waals surface area contributed by atoms with E-state index in [0.717, 1.165) is 0 Å². The highest BCUT2D eigenvalue weighted by atomic mass is 79.9. The highest BCUT2D eigenvalue weighted by molar-refractivity contribution is 9.10. The Morgan fingerprint density at radius 2 is 1.73 bits per heavy atom. The zero-order valence-corrected chi connectivity index (χ0v) is 17.2. The number of sulfonamides is 1. The van der Waals surface area contributed by atoms with Crippen LogP contribution in [0.4, 0.5) is 5.69 Å². The molecule has 2 aromatic carbocycles. The molecule has 1 N–H and O–H groups in total. The molecule has 0 aliphatic rings. The molecule has 2 aromatic rings. The van der Waals surface area contributed by atoms with Gasteiger partial charge in [-0.05, 0) is 58.4 Å². The number of nitrogens with one attached hydrogen (secondary N) is 1. The third-order valence-electron chi connectivity index (χ3n) is 3.87. The van der Waals surface area contributed by atoms with Crippen LogP contribution in [0.3, 0.4) is 0 Å². The Labute approximate surface area is 162 Å². The van der Waals surface area contributed by atoms with E-state index in [2.05, 4.69) is 21.2 Å². The Morgan fingerprint density at radius 3 is 2.27 bits per heavy atom. The maximum Gasteiger partial charge on any atom is 0.256 e. The van der Waals surface area contributed by atoms with Crippen LogP contribution in [-0.4, -0.2) is 38.8 Å². The van der Waals surface area contributed by atoms with E-state index in [1.807, 2.05) is 0 Å². The lowest BCUT2D eigenvalue weighted by Crippen LogP contribution is -2.30. The average Bonchev–Trinajstić information content (AvgIpc) is 2.63. The van der Waals surface area contributed by atoms with Crippen LogP contribution in [0, 0.1) is 0 Å². The summed E-state index contributed by atoms with van der Waals surface area (Å²) < 4.78 is 32.1. The van der Waals surface area contributed by atoms with E-state index < -0.39 is 10.0 Å². The first-order valence-corrected chi connectivity index (χ1v) is 10.3. The third kappa shape index (κ3) is 4.44.